The molecule has 1 N–H and O–H groups in total. The van der Waals surface area contributed by atoms with E-state index >= 15 is 0 Å². The number of halogens is 1. The Labute approximate surface area is 155 Å². The maximum atomic E-state index is 12.3. The van der Waals surface area contributed by atoms with Crippen molar-refractivity contribution in [1.29, 1.82) is 0 Å². The minimum absolute atomic E-state index is 0.0262. The van der Waals surface area contributed by atoms with Gasteiger partial charge in [0.15, 0.2) is 12.4 Å². The van der Waals surface area contributed by atoms with Crippen LogP contribution >= 0.6 is 15.9 Å². The van der Waals surface area contributed by atoms with Crippen LogP contribution in [0.5, 0.6) is 5.75 Å². The highest BCUT2D eigenvalue weighted by molar-refractivity contribution is 9.10. The third-order valence-corrected chi connectivity index (χ3v) is 4.88. The zero-order chi connectivity index (χ0) is 17.8. The van der Waals surface area contributed by atoms with Crippen LogP contribution in [-0.2, 0) is 11.2 Å². The second-order valence-corrected chi connectivity index (χ2v) is 7.11. The summed E-state index contributed by atoms with van der Waals surface area (Å²) in [7, 11) is 0. The van der Waals surface area contributed by atoms with Crippen molar-refractivity contribution in [3.05, 3.63) is 63.6 Å². The molecule has 3 rings (SSSR count). The van der Waals surface area contributed by atoms with Crippen molar-refractivity contribution in [2.75, 3.05) is 6.61 Å². The molecule has 2 aromatic carbocycles. The van der Waals surface area contributed by atoms with Crippen molar-refractivity contribution in [1.82, 2.24) is 5.32 Å². The summed E-state index contributed by atoms with van der Waals surface area (Å²) in [5.74, 6) is 0.145. The Kier molecular flexibility index (Phi) is 5.53. The largest absolute Gasteiger partial charge is 0.483 e. The molecular formula is C20H20BrNO3. The van der Waals surface area contributed by atoms with Crippen LogP contribution in [0.15, 0.2) is 46.9 Å². The molecule has 0 aliphatic heterocycles. The topological polar surface area (TPSA) is 55.4 Å². The Morgan fingerprint density at radius 1 is 1.24 bits per heavy atom. The zero-order valence-electron chi connectivity index (χ0n) is 14.0. The van der Waals surface area contributed by atoms with Crippen LogP contribution in [0.4, 0.5) is 0 Å². The van der Waals surface area contributed by atoms with E-state index in [9.17, 15) is 9.59 Å². The molecule has 0 spiro atoms. The Bertz CT molecular complexity index is 803. The third kappa shape index (κ3) is 4.28. The maximum Gasteiger partial charge on any atom is 0.258 e. The second kappa shape index (κ2) is 7.83. The Morgan fingerprint density at radius 2 is 2.04 bits per heavy atom. The molecule has 1 atom stereocenters. The number of nitrogens with one attached hydrogen (secondary N) is 1. The average molecular weight is 402 g/mol. The number of fused-ring (bicyclic) bond motifs is 1. The number of benzene rings is 2. The SMILES string of the molecule is CC(=O)c1cc(Br)ccc1OCC(=O)N[C@@H]1CCCc2ccccc21. The number of carbonyl (C=O) groups is 2. The molecule has 1 amide bonds. The van der Waals surface area contributed by atoms with Crippen molar-refractivity contribution < 1.29 is 14.3 Å². The van der Waals surface area contributed by atoms with Gasteiger partial charge in [-0.1, -0.05) is 40.2 Å². The van der Waals surface area contributed by atoms with E-state index in [-0.39, 0.29) is 24.3 Å². The number of Topliss-reactive ketones (excluding diaryl/α,β-unsaturated/α-hetero) is 1. The number of rotatable bonds is 5. The van der Waals surface area contributed by atoms with Gasteiger partial charge in [-0.25, -0.2) is 0 Å². The van der Waals surface area contributed by atoms with Gasteiger partial charge >= 0.3 is 0 Å². The molecule has 0 fully saturated rings. The Balaban J connectivity index is 1.64. The summed E-state index contributed by atoms with van der Waals surface area (Å²) in [6.45, 7) is 1.37. The van der Waals surface area contributed by atoms with Crippen molar-refractivity contribution in [3.63, 3.8) is 0 Å². The van der Waals surface area contributed by atoms with Gasteiger partial charge in [0.05, 0.1) is 11.6 Å². The van der Waals surface area contributed by atoms with E-state index in [1.807, 2.05) is 12.1 Å². The lowest BCUT2D eigenvalue weighted by Gasteiger charge is -2.26. The molecule has 0 unspecified atom stereocenters. The minimum Gasteiger partial charge on any atom is -0.483 e. The van der Waals surface area contributed by atoms with Gasteiger partial charge < -0.3 is 10.1 Å². The van der Waals surface area contributed by atoms with Gasteiger partial charge in [0, 0.05) is 4.47 Å². The molecule has 0 saturated carbocycles. The highest BCUT2D eigenvalue weighted by Gasteiger charge is 2.21. The number of amides is 1. The molecule has 0 aromatic heterocycles. The monoisotopic (exact) mass is 401 g/mol. The van der Waals surface area contributed by atoms with Gasteiger partial charge in [-0.15, -0.1) is 0 Å². The van der Waals surface area contributed by atoms with E-state index in [0.29, 0.717) is 11.3 Å². The molecule has 0 saturated heterocycles. The van der Waals surface area contributed by atoms with Crippen LogP contribution in [0.1, 0.15) is 47.3 Å². The summed E-state index contributed by atoms with van der Waals surface area (Å²) in [4.78, 5) is 24.0. The summed E-state index contributed by atoms with van der Waals surface area (Å²) in [5.41, 5.74) is 2.95. The predicted molar refractivity (Wildman–Crippen MR) is 99.9 cm³/mol. The fourth-order valence-corrected chi connectivity index (χ4v) is 3.55. The molecule has 1 aliphatic carbocycles. The summed E-state index contributed by atoms with van der Waals surface area (Å²) in [6.07, 6.45) is 3.05. The standard InChI is InChI=1S/C20H20BrNO3/c1-13(23)17-11-15(21)9-10-19(17)25-12-20(24)22-18-8-4-6-14-5-2-3-7-16(14)18/h2-3,5,7,9-11,18H,4,6,8,12H2,1H3,(H,22,24)/t18-/m1/s1. The van der Waals surface area contributed by atoms with Crippen LogP contribution in [0.2, 0.25) is 0 Å². The Hall–Kier alpha value is -2.14. The van der Waals surface area contributed by atoms with Gasteiger partial charge in [-0.2, -0.15) is 0 Å². The molecule has 4 nitrogen and oxygen atoms in total. The van der Waals surface area contributed by atoms with Crippen molar-refractivity contribution in [3.8, 4) is 5.75 Å². The molecule has 130 valence electrons. The van der Waals surface area contributed by atoms with Crippen LogP contribution in [-0.4, -0.2) is 18.3 Å². The molecule has 5 heteroatoms. The molecule has 0 bridgehead atoms. The summed E-state index contributed by atoms with van der Waals surface area (Å²) >= 11 is 3.34. The number of hydrogen-bond donors (Lipinski definition) is 1. The minimum atomic E-state index is -0.181. The first-order valence-electron chi connectivity index (χ1n) is 8.35. The smallest absolute Gasteiger partial charge is 0.258 e. The lowest BCUT2D eigenvalue weighted by atomic mass is 9.88. The first-order chi connectivity index (χ1) is 12.0. The molecule has 2 aromatic rings. The Morgan fingerprint density at radius 3 is 2.84 bits per heavy atom. The highest BCUT2D eigenvalue weighted by atomic mass is 79.9. The number of ketones is 1. The molecule has 0 heterocycles. The lowest BCUT2D eigenvalue weighted by molar-refractivity contribution is -0.124. The fraction of sp³-hybridized carbons (Fsp3) is 0.300. The maximum absolute atomic E-state index is 12.3. The third-order valence-electron chi connectivity index (χ3n) is 4.38. The van der Waals surface area contributed by atoms with E-state index in [0.717, 1.165) is 23.7 Å². The van der Waals surface area contributed by atoms with Gasteiger partial charge in [0.2, 0.25) is 0 Å². The second-order valence-electron chi connectivity index (χ2n) is 6.20. The van der Waals surface area contributed by atoms with Crippen LogP contribution in [0.25, 0.3) is 0 Å². The zero-order valence-corrected chi connectivity index (χ0v) is 15.6. The molecular weight excluding hydrogens is 382 g/mol. The van der Waals surface area contributed by atoms with Crippen LogP contribution in [0, 0.1) is 0 Å². The first-order valence-corrected chi connectivity index (χ1v) is 9.14. The lowest BCUT2D eigenvalue weighted by Crippen LogP contribution is -2.34. The first kappa shape index (κ1) is 17.7. The molecule has 0 radical (unpaired) electrons. The summed E-state index contributed by atoms with van der Waals surface area (Å²) < 4.78 is 6.39. The highest BCUT2D eigenvalue weighted by Crippen LogP contribution is 2.29. The van der Waals surface area contributed by atoms with Gasteiger partial charge in [-0.3, -0.25) is 9.59 Å². The van der Waals surface area contributed by atoms with Gasteiger partial charge in [0.25, 0.3) is 5.91 Å². The fourth-order valence-electron chi connectivity index (χ4n) is 3.19. The van der Waals surface area contributed by atoms with Crippen molar-refractivity contribution in [2.45, 2.75) is 32.2 Å². The van der Waals surface area contributed by atoms with Crippen molar-refractivity contribution >= 4 is 27.6 Å². The average Bonchev–Trinajstić information content (AvgIpc) is 2.61. The number of aryl methyl sites for hydroxylation is 1. The van der Waals surface area contributed by atoms with Gasteiger partial charge in [-0.05, 0) is 55.5 Å². The number of carbonyl (C=O) groups excluding carboxylic acids is 2. The molecule has 25 heavy (non-hydrogen) atoms. The van der Waals surface area contributed by atoms with E-state index in [4.69, 9.17) is 4.74 Å². The normalized spacial score (nSPS) is 16.0. The summed E-state index contributed by atoms with van der Waals surface area (Å²) in [6, 6.07) is 13.4. The number of hydrogen-bond acceptors (Lipinski definition) is 3. The number of ether oxygens (including phenoxy) is 1. The van der Waals surface area contributed by atoms with Crippen LogP contribution < -0.4 is 10.1 Å². The van der Waals surface area contributed by atoms with E-state index in [1.165, 1.54) is 18.1 Å². The summed E-state index contributed by atoms with van der Waals surface area (Å²) in [5, 5.41) is 3.05. The van der Waals surface area contributed by atoms with Crippen LogP contribution in [0.3, 0.4) is 0 Å². The van der Waals surface area contributed by atoms with Crippen molar-refractivity contribution in [2.24, 2.45) is 0 Å². The van der Waals surface area contributed by atoms with E-state index in [1.54, 1.807) is 18.2 Å². The molecule has 1 aliphatic rings. The predicted octanol–water partition coefficient (Wildman–Crippen LogP) is 4.22. The van der Waals surface area contributed by atoms with Gasteiger partial charge in [0.1, 0.15) is 5.75 Å². The quantitative estimate of drug-likeness (QED) is 0.762. The van der Waals surface area contributed by atoms with E-state index < -0.39 is 0 Å². The van der Waals surface area contributed by atoms with E-state index in [2.05, 4.69) is 33.4 Å².